The minimum atomic E-state index is -3.29. The molecule has 1 aliphatic rings. The first-order valence-corrected chi connectivity index (χ1v) is 9.17. The summed E-state index contributed by atoms with van der Waals surface area (Å²) in [6, 6.07) is 0. The summed E-state index contributed by atoms with van der Waals surface area (Å²) in [4.78, 5) is 1.49. The first kappa shape index (κ1) is 15.0. The average molecular weight is 302 g/mol. The van der Waals surface area contributed by atoms with E-state index in [9.17, 15) is 8.42 Å². The molecule has 1 fully saturated rings. The Balaban J connectivity index is 2.25. The summed E-state index contributed by atoms with van der Waals surface area (Å²) < 4.78 is 27.0. The zero-order valence-corrected chi connectivity index (χ0v) is 13.2. The molecule has 108 valence electrons. The summed E-state index contributed by atoms with van der Waals surface area (Å²) in [7, 11) is -3.29. The van der Waals surface area contributed by atoms with Crippen molar-refractivity contribution < 1.29 is 8.42 Å². The van der Waals surface area contributed by atoms with Crippen LogP contribution in [-0.2, 0) is 16.6 Å². The third kappa shape index (κ3) is 3.18. The highest BCUT2D eigenvalue weighted by Crippen LogP contribution is 2.31. The molecule has 0 unspecified atom stereocenters. The van der Waals surface area contributed by atoms with Crippen LogP contribution in [0.3, 0.4) is 0 Å². The van der Waals surface area contributed by atoms with Crippen LogP contribution in [0.25, 0.3) is 0 Å². The molecule has 2 rings (SSSR count). The summed E-state index contributed by atoms with van der Waals surface area (Å²) >= 11 is 1.54. The first-order chi connectivity index (χ1) is 9.07. The van der Waals surface area contributed by atoms with Crippen molar-refractivity contribution in [2.45, 2.75) is 44.6 Å². The van der Waals surface area contributed by atoms with Crippen molar-refractivity contribution in [1.82, 2.24) is 9.62 Å². The topological polar surface area (TPSA) is 49.4 Å². The van der Waals surface area contributed by atoms with Crippen LogP contribution in [0.15, 0.2) is 10.3 Å². The fourth-order valence-electron chi connectivity index (χ4n) is 2.39. The summed E-state index contributed by atoms with van der Waals surface area (Å²) in [6.45, 7) is 6.89. The van der Waals surface area contributed by atoms with E-state index in [-0.39, 0.29) is 0 Å². The maximum atomic E-state index is 12.7. The fraction of sp³-hybridized carbons (Fsp3) is 0.692. The van der Waals surface area contributed by atoms with Crippen LogP contribution in [-0.4, -0.2) is 32.4 Å². The lowest BCUT2D eigenvalue weighted by atomic mass is 10.3. The Hall–Kier alpha value is -0.430. The van der Waals surface area contributed by atoms with Gasteiger partial charge in [-0.05, 0) is 43.7 Å². The van der Waals surface area contributed by atoms with Crippen molar-refractivity contribution in [2.24, 2.45) is 0 Å². The van der Waals surface area contributed by atoms with Gasteiger partial charge < -0.3 is 5.32 Å². The highest BCUT2D eigenvalue weighted by Gasteiger charge is 2.31. The van der Waals surface area contributed by atoms with Crippen LogP contribution < -0.4 is 5.32 Å². The Morgan fingerprint density at radius 2 is 2.05 bits per heavy atom. The maximum Gasteiger partial charge on any atom is 0.244 e. The van der Waals surface area contributed by atoms with Gasteiger partial charge in [-0.15, -0.1) is 11.3 Å². The van der Waals surface area contributed by atoms with Crippen molar-refractivity contribution in [1.29, 1.82) is 0 Å². The van der Waals surface area contributed by atoms with Gasteiger partial charge in [0, 0.05) is 24.5 Å². The minimum Gasteiger partial charge on any atom is -0.312 e. The Bertz CT molecular complexity index is 517. The second-order valence-corrected chi connectivity index (χ2v) is 7.80. The van der Waals surface area contributed by atoms with E-state index >= 15 is 0 Å². The van der Waals surface area contributed by atoms with Crippen LogP contribution in [0.2, 0.25) is 0 Å². The van der Waals surface area contributed by atoms with Gasteiger partial charge in [-0.1, -0.05) is 6.92 Å². The number of hydrogen-bond donors (Lipinski definition) is 1. The van der Waals surface area contributed by atoms with E-state index in [4.69, 9.17) is 0 Å². The van der Waals surface area contributed by atoms with E-state index in [0.29, 0.717) is 24.5 Å². The lowest BCUT2D eigenvalue weighted by Crippen LogP contribution is -2.29. The predicted molar refractivity (Wildman–Crippen MR) is 79.0 cm³/mol. The first-order valence-electron chi connectivity index (χ1n) is 6.85. The third-order valence-electron chi connectivity index (χ3n) is 3.36. The van der Waals surface area contributed by atoms with Crippen LogP contribution in [0.4, 0.5) is 0 Å². The molecule has 0 amide bonds. The predicted octanol–water partition coefficient (Wildman–Crippen LogP) is 2.34. The Morgan fingerprint density at radius 1 is 1.37 bits per heavy atom. The van der Waals surface area contributed by atoms with Crippen LogP contribution in [0.5, 0.6) is 0 Å². The molecule has 2 heterocycles. The third-order valence-corrected chi connectivity index (χ3v) is 6.73. The number of aryl methyl sites for hydroxylation is 1. The van der Waals surface area contributed by atoms with Crippen molar-refractivity contribution >= 4 is 21.4 Å². The van der Waals surface area contributed by atoms with Gasteiger partial charge >= 0.3 is 0 Å². The van der Waals surface area contributed by atoms with E-state index in [1.54, 1.807) is 15.6 Å². The van der Waals surface area contributed by atoms with Gasteiger partial charge in [0.2, 0.25) is 10.0 Å². The molecule has 1 N–H and O–H groups in total. The molecule has 6 heteroatoms. The second-order valence-electron chi connectivity index (χ2n) is 4.96. The smallest absolute Gasteiger partial charge is 0.244 e. The number of nitrogens with one attached hydrogen (secondary N) is 1. The SMILES string of the molecule is CCCNCc1scc(C)c1S(=O)(=O)N1CCCC1. The second kappa shape index (κ2) is 6.35. The fourth-order valence-corrected chi connectivity index (χ4v) is 5.64. The van der Waals surface area contributed by atoms with Crippen LogP contribution >= 0.6 is 11.3 Å². The highest BCUT2D eigenvalue weighted by molar-refractivity contribution is 7.89. The molecule has 0 saturated carbocycles. The summed E-state index contributed by atoms with van der Waals surface area (Å²) in [5.41, 5.74) is 0.880. The van der Waals surface area contributed by atoms with Crippen molar-refractivity contribution in [3.05, 3.63) is 15.8 Å². The molecule has 0 bridgehead atoms. The molecule has 0 radical (unpaired) electrons. The maximum absolute atomic E-state index is 12.7. The normalized spacial score (nSPS) is 17.2. The molecular formula is C13H22N2O2S2. The zero-order chi connectivity index (χ0) is 13.9. The monoisotopic (exact) mass is 302 g/mol. The van der Waals surface area contributed by atoms with Crippen molar-refractivity contribution in [3.8, 4) is 0 Å². The van der Waals surface area contributed by atoms with E-state index in [1.165, 1.54) is 0 Å². The van der Waals surface area contributed by atoms with Gasteiger partial charge in [0.05, 0.1) is 0 Å². The molecule has 4 nitrogen and oxygen atoms in total. The molecule has 1 aliphatic heterocycles. The van der Waals surface area contributed by atoms with Gasteiger partial charge in [-0.3, -0.25) is 0 Å². The van der Waals surface area contributed by atoms with Gasteiger partial charge in [0.25, 0.3) is 0 Å². The summed E-state index contributed by atoms with van der Waals surface area (Å²) in [5.74, 6) is 0. The van der Waals surface area contributed by atoms with E-state index in [0.717, 1.165) is 36.2 Å². The van der Waals surface area contributed by atoms with Gasteiger partial charge in [0.15, 0.2) is 0 Å². The van der Waals surface area contributed by atoms with E-state index < -0.39 is 10.0 Å². The number of hydrogen-bond acceptors (Lipinski definition) is 4. The Morgan fingerprint density at radius 3 is 2.68 bits per heavy atom. The standard InChI is InChI=1S/C13H22N2O2S2/c1-3-6-14-9-12-13(11(2)10-18-12)19(16,17)15-7-4-5-8-15/h10,14H,3-9H2,1-2H3. The Labute approximate surface area is 119 Å². The lowest BCUT2D eigenvalue weighted by Gasteiger charge is -2.17. The minimum absolute atomic E-state index is 0.544. The van der Waals surface area contributed by atoms with Crippen molar-refractivity contribution in [2.75, 3.05) is 19.6 Å². The molecule has 19 heavy (non-hydrogen) atoms. The van der Waals surface area contributed by atoms with Crippen molar-refractivity contribution in [3.63, 3.8) is 0 Å². The molecule has 1 aromatic rings. The molecule has 0 aliphatic carbocycles. The zero-order valence-electron chi connectivity index (χ0n) is 11.6. The molecule has 0 spiro atoms. The summed E-state index contributed by atoms with van der Waals surface area (Å²) in [6.07, 6.45) is 3.01. The highest BCUT2D eigenvalue weighted by atomic mass is 32.2. The molecular weight excluding hydrogens is 280 g/mol. The average Bonchev–Trinajstić information content (AvgIpc) is 2.99. The van der Waals surface area contributed by atoms with Gasteiger partial charge in [-0.25, -0.2) is 8.42 Å². The quantitative estimate of drug-likeness (QED) is 0.821. The summed E-state index contributed by atoms with van der Waals surface area (Å²) in [5, 5.41) is 5.25. The van der Waals surface area contributed by atoms with E-state index in [2.05, 4.69) is 12.2 Å². The number of nitrogens with zero attached hydrogens (tertiary/aromatic N) is 1. The number of rotatable bonds is 6. The van der Waals surface area contributed by atoms with E-state index in [1.807, 2.05) is 12.3 Å². The number of thiophene rings is 1. The molecule has 0 atom stereocenters. The lowest BCUT2D eigenvalue weighted by molar-refractivity contribution is 0.476. The molecule has 1 aromatic heterocycles. The molecule has 0 aromatic carbocycles. The largest absolute Gasteiger partial charge is 0.312 e. The van der Waals surface area contributed by atoms with Crippen LogP contribution in [0.1, 0.15) is 36.6 Å². The molecule has 1 saturated heterocycles. The Kier molecular flexibility index (Phi) is 5.00. The van der Waals surface area contributed by atoms with Gasteiger partial charge in [-0.2, -0.15) is 4.31 Å². The van der Waals surface area contributed by atoms with Crippen LogP contribution in [0, 0.1) is 6.92 Å². The number of sulfonamides is 1. The van der Waals surface area contributed by atoms with Gasteiger partial charge in [0.1, 0.15) is 4.90 Å².